The zero-order valence-electron chi connectivity index (χ0n) is 21.3. The van der Waals surface area contributed by atoms with E-state index in [1.54, 1.807) is 18.2 Å². The summed E-state index contributed by atoms with van der Waals surface area (Å²) in [6.07, 6.45) is 3.76. The average Bonchev–Trinajstić information content (AvgIpc) is 3.39. The summed E-state index contributed by atoms with van der Waals surface area (Å²) in [4.78, 5) is 36.9. The first-order valence-corrected chi connectivity index (χ1v) is 12.7. The molecule has 1 fully saturated rings. The van der Waals surface area contributed by atoms with Crippen molar-refractivity contribution in [2.45, 2.75) is 57.9 Å². The summed E-state index contributed by atoms with van der Waals surface area (Å²) >= 11 is 0. The minimum absolute atomic E-state index is 0.0554. The lowest BCUT2D eigenvalue weighted by Crippen LogP contribution is -2.38. The molecule has 1 aliphatic rings. The van der Waals surface area contributed by atoms with E-state index in [1.807, 2.05) is 19.9 Å². The molecule has 3 aromatic rings. The van der Waals surface area contributed by atoms with Crippen molar-refractivity contribution in [2.24, 2.45) is 0 Å². The molecule has 1 aromatic carbocycles. The second kappa shape index (κ2) is 11.5. The maximum atomic E-state index is 14.3. The molecule has 3 heterocycles. The molecular weight excluding hydrogens is 492 g/mol. The van der Waals surface area contributed by atoms with Gasteiger partial charge in [-0.05, 0) is 37.0 Å². The van der Waals surface area contributed by atoms with Crippen molar-refractivity contribution in [2.75, 3.05) is 13.1 Å². The number of rotatable bonds is 8. The molecule has 2 aromatic heterocycles. The van der Waals surface area contributed by atoms with E-state index in [-0.39, 0.29) is 18.8 Å². The zero-order valence-corrected chi connectivity index (χ0v) is 21.3. The Labute approximate surface area is 219 Å². The van der Waals surface area contributed by atoms with Crippen LogP contribution in [0, 0.1) is 23.0 Å². The predicted octanol–water partition coefficient (Wildman–Crippen LogP) is 4.47. The molecule has 2 atom stereocenters. The molecule has 0 spiro atoms. The summed E-state index contributed by atoms with van der Waals surface area (Å²) in [7, 11) is 0. The van der Waals surface area contributed by atoms with E-state index in [1.165, 1.54) is 9.47 Å². The maximum absolute atomic E-state index is 14.3. The van der Waals surface area contributed by atoms with Gasteiger partial charge in [0.1, 0.15) is 17.5 Å². The number of nitriles is 1. The van der Waals surface area contributed by atoms with Gasteiger partial charge in [0.15, 0.2) is 5.56 Å². The Bertz CT molecular complexity index is 1450. The van der Waals surface area contributed by atoms with Gasteiger partial charge in [-0.2, -0.15) is 10.2 Å². The number of likely N-dealkylation sites (tertiary alicyclic amines) is 1. The van der Waals surface area contributed by atoms with E-state index in [4.69, 9.17) is 0 Å². The van der Waals surface area contributed by atoms with Gasteiger partial charge in [-0.15, -0.1) is 0 Å². The SMILES string of the molecule is CCCCc1nc(O)c(C(=O)N2CCC(c3ncc(F)cc3F)C2)c(=O)n1C(CC)c1cccc(C#N)c1. The highest BCUT2D eigenvalue weighted by atomic mass is 19.1. The van der Waals surface area contributed by atoms with Crippen molar-refractivity contribution >= 4 is 5.91 Å². The number of hydrogen-bond acceptors (Lipinski definition) is 6. The van der Waals surface area contributed by atoms with E-state index >= 15 is 0 Å². The van der Waals surface area contributed by atoms with Crippen molar-refractivity contribution in [1.29, 1.82) is 5.26 Å². The Kier molecular flexibility index (Phi) is 8.15. The number of unbranched alkanes of at least 4 members (excludes halogenated alkanes) is 1. The Hall–Kier alpha value is -4.13. The first kappa shape index (κ1) is 26.9. The van der Waals surface area contributed by atoms with Crippen LogP contribution >= 0.6 is 0 Å². The molecule has 0 saturated carbocycles. The highest BCUT2D eigenvalue weighted by molar-refractivity contribution is 5.96. The van der Waals surface area contributed by atoms with Crippen molar-refractivity contribution < 1.29 is 18.7 Å². The molecule has 10 heteroatoms. The second-order valence-corrected chi connectivity index (χ2v) is 9.42. The van der Waals surface area contributed by atoms with E-state index in [0.717, 1.165) is 30.7 Å². The fourth-order valence-electron chi connectivity index (χ4n) is 5.02. The second-order valence-electron chi connectivity index (χ2n) is 9.42. The van der Waals surface area contributed by atoms with Gasteiger partial charge < -0.3 is 10.0 Å². The molecule has 4 rings (SSSR count). The van der Waals surface area contributed by atoms with Crippen LogP contribution in [0.15, 0.2) is 41.3 Å². The normalized spacial score (nSPS) is 15.9. The van der Waals surface area contributed by atoms with E-state index in [9.17, 15) is 28.7 Å². The number of aryl methyl sites for hydroxylation is 1. The number of hydrogen-bond donors (Lipinski definition) is 1. The number of carbonyl (C=O) groups excluding carboxylic acids is 1. The fourth-order valence-corrected chi connectivity index (χ4v) is 5.02. The van der Waals surface area contributed by atoms with Gasteiger partial charge in [0, 0.05) is 31.5 Å². The molecule has 0 aliphatic carbocycles. The number of nitrogens with zero attached hydrogens (tertiary/aromatic N) is 5. The fraction of sp³-hybridized carbons (Fsp3) is 0.393. The van der Waals surface area contributed by atoms with Crippen LogP contribution in [0.5, 0.6) is 5.88 Å². The van der Waals surface area contributed by atoms with Crippen LogP contribution in [0.4, 0.5) is 8.78 Å². The van der Waals surface area contributed by atoms with Crippen LogP contribution in [0.1, 0.15) is 84.5 Å². The van der Waals surface area contributed by atoms with Crippen LogP contribution in [0.25, 0.3) is 0 Å². The number of aromatic hydroxyl groups is 1. The van der Waals surface area contributed by atoms with E-state index < -0.39 is 46.5 Å². The third-order valence-corrected chi connectivity index (χ3v) is 6.93. The Morgan fingerprint density at radius 1 is 1.29 bits per heavy atom. The molecule has 1 amide bonds. The van der Waals surface area contributed by atoms with E-state index in [2.05, 4.69) is 16.0 Å². The molecule has 0 bridgehead atoms. The summed E-state index contributed by atoms with van der Waals surface area (Å²) in [6.45, 7) is 4.16. The zero-order chi connectivity index (χ0) is 27.4. The van der Waals surface area contributed by atoms with Gasteiger partial charge in [-0.25, -0.2) is 8.78 Å². The highest BCUT2D eigenvalue weighted by Crippen LogP contribution is 2.30. The van der Waals surface area contributed by atoms with Gasteiger partial charge in [0.05, 0.1) is 29.6 Å². The van der Waals surface area contributed by atoms with Crippen LogP contribution < -0.4 is 5.56 Å². The van der Waals surface area contributed by atoms with Crippen LogP contribution in [0.3, 0.4) is 0 Å². The first-order chi connectivity index (χ1) is 18.3. The minimum Gasteiger partial charge on any atom is -0.493 e. The molecule has 1 N–H and O–H groups in total. The van der Waals surface area contributed by atoms with Crippen LogP contribution in [-0.4, -0.2) is 43.5 Å². The van der Waals surface area contributed by atoms with Gasteiger partial charge in [-0.3, -0.25) is 19.1 Å². The first-order valence-electron chi connectivity index (χ1n) is 12.7. The van der Waals surface area contributed by atoms with Crippen molar-refractivity contribution in [1.82, 2.24) is 19.4 Å². The lowest BCUT2D eigenvalue weighted by molar-refractivity contribution is 0.0783. The van der Waals surface area contributed by atoms with Crippen molar-refractivity contribution in [3.05, 3.63) is 86.7 Å². The average molecular weight is 522 g/mol. The highest BCUT2D eigenvalue weighted by Gasteiger charge is 2.35. The Balaban J connectivity index is 1.74. The molecule has 2 unspecified atom stereocenters. The van der Waals surface area contributed by atoms with Gasteiger partial charge in [0.2, 0.25) is 5.88 Å². The lowest BCUT2D eigenvalue weighted by Gasteiger charge is -2.24. The standard InChI is InChI=1S/C28H29F2N5O3/c1-3-5-9-23-33-26(36)24(28(38)35(23)22(4-2)18-8-6-7-17(12-18)14-31)27(37)34-11-10-19(16-34)25-21(30)13-20(29)15-32-25/h6-8,12-13,15,19,22,36H,3-5,9-11,16H2,1-2H3. The number of aromatic nitrogens is 3. The quantitative estimate of drug-likeness (QED) is 0.468. The van der Waals surface area contributed by atoms with Gasteiger partial charge >= 0.3 is 0 Å². The molecule has 0 radical (unpaired) electrons. The largest absolute Gasteiger partial charge is 0.493 e. The minimum atomic E-state index is -0.790. The van der Waals surface area contributed by atoms with Gasteiger partial charge in [0.25, 0.3) is 11.5 Å². The summed E-state index contributed by atoms with van der Waals surface area (Å²) in [5.74, 6) is -3.04. The predicted molar refractivity (Wildman–Crippen MR) is 136 cm³/mol. The van der Waals surface area contributed by atoms with Crippen molar-refractivity contribution in [3.8, 4) is 11.9 Å². The maximum Gasteiger partial charge on any atom is 0.270 e. The molecule has 8 nitrogen and oxygen atoms in total. The lowest BCUT2D eigenvalue weighted by atomic mass is 10.0. The Morgan fingerprint density at radius 3 is 2.76 bits per heavy atom. The summed E-state index contributed by atoms with van der Waals surface area (Å²) < 4.78 is 29.0. The number of halogens is 2. The third-order valence-electron chi connectivity index (χ3n) is 6.93. The molecule has 198 valence electrons. The number of benzene rings is 1. The number of carbonyl (C=O) groups is 1. The topological polar surface area (TPSA) is 112 Å². The molecule has 38 heavy (non-hydrogen) atoms. The van der Waals surface area contributed by atoms with E-state index in [0.29, 0.717) is 30.7 Å². The smallest absolute Gasteiger partial charge is 0.270 e. The monoisotopic (exact) mass is 521 g/mol. The Morgan fingerprint density at radius 2 is 2.08 bits per heavy atom. The molecular formula is C28H29F2N5O3. The molecule has 1 aliphatic heterocycles. The molecule has 1 saturated heterocycles. The summed E-state index contributed by atoms with van der Waals surface area (Å²) in [5, 5.41) is 20.1. The van der Waals surface area contributed by atoms with Crippen molar-refractivity contribution in [3.63, 3.8) is 0 Å². The number of pyridine rings is 1. The third kappa shape index (κ3) is 5.28. The number of amides is 1. The summed E-state index contributed by atoms with van der Waals surface area (Å²) in [6, 6.07) is 9.27. The van der Waals surface area contributed by atoms with Crippen LogP contribution in [0.2, 0.25) is 0 Å². The van der Waals surface area contributed by atoms with Crippen LogP contribution in [-0.2, 0) is 6.42 Å². The van der Waals surface area contributed by atoms with Gasteiger partial charge in [-0.1, -0.05) is 32.4 Å². The summed E-state index contributed by atoms with van der Waals surface area (Å²) in [5.41, 5.74) is 0.0961.